The fourth-order valence-electron chi connectivity index (χ4n) is 3.02. The predicted octanol–water partition coefficient (Wildman–Crippen LogP) is 2.40. The fraction of sp³-hybridized carbons (Fsp3) is 0.611. The lowest BCUT2D eigenvalue weighted by Crippen LogP contribution is -2.51. The number of morpholine rings is 1. The third kappa shape index (κ3) is 5.21. The number of nitrogens with one attached hydrogen (secondary N) is 1. The fourth-order valence-corrected chi connectivity index (χ4v) is 3.70. The second-order valence-corrected chi connectivity index (χ2v) is 7.52. The van der Waals surface area contributed by atoms with Crippen molar-refractivity contribution in [1.29, 1.82) is 0 Å². The average Bonchev–Trinajstić information content (AvgIpc) is 2.62. The number of carbonyl (C=O) groups is 1. The highest BCUT2D eigenvalue weighted by Gasteiger charge is 2.25. The van der Waals surface area contributed by atoms with Crippen LogP contribution in [0.5, 0.6) is 11.5 Å². The van der Waals surface area contributed by atoms with Crippen LogP contribution in [0.4, 0.5) is 0 Å². The largest absolute Gasteiger partial charge is 0.493 e. The Kier molecular flexibility index (Phi) is 7.77. The zero-order chi connectivity index (χ0) is 18.4. The van der Waals surface area contributed by atoms with Crippen molar-refractivity contribution in [2.45, 2.75) is 19.9 Å². The number of carbonyl (C=O) groups excluding carboxylic acids is 1. The van der Waals surface area contributed by atoms with Gasteiger partial charge in [-0.3, -0.25) is 9.69 Å². The van der Waals surface area contributed by atoms with E-state index in [4.69, 9.17) is 14.2 Å². The van der Waals surface area contributed by atoms with Crippen molar-refractivity contribution in [2.24, 2.45) is 5.92 Å². The van der Waals surface area contributed by atoms with Crippen LogP contribution in [-0.2, 0) is 4.74 Å². The summed E-state index contributed by atoms with van der Waals surface area (Å²) >= 11 is 2.15. The summed E-state index contributed by atoms with van der Waals surface area (Å²) in [5.41, 5.74) is 0.600. The molecule has 0 spiro atoms. The first-order valence-corrected chi connectivity index (χ1v) is 9.57. The summed E-state index contributed by atoms with van der Waals surface area (Å²) in [6.07, 6.45) is 0. The predicted molar refractivity (Wildman–Crippen MR) is 106 cm³/mol. The van der Waals surface area contributed by atoms with Gasteiger partial charge in [-0.2, -0.15) is 0 Å². The zero-order valence-electron chi connectivity index (χ0n) is 15.3. The van der Waals surface area contributed by atoms with E-state index in [2.05, 4.69) is 46.7 Å². The van der Waals surface area contributed by atoms with Crippen molar-refractivity contribution in [3.63, 3.8) is 0 Å². The molecule has 0 aromatic heterocycles. The summed E-state index contributed by atoms with van der Waals surface area (Å²) in [5.74, 6) is 1.53. The van der Waals surface area contributed by atoms with E-state index in [1.807, 2.05) is 6.07 Å². The first kappa shape index (κ1) is 20.3. The molecule has 7 heteroatoms. The lowest BCUT2D eigenvalue weighted by molar-refractivity contribution is 0.00672. The summed E-state index contributed by atoms with van der Waals surface area (Å²) in [5, 5.41) is 3.08. The Morgan fingerprint density at radius 2 is 1.84 bits per heavy atom. The Balaban J connectivity index is 2.07. The van der Waals surface area contributed by atoms with Gasteiger partial charge < -0.3 is 19.5 Å². The van der Waals surface area contributed by atoms with E-state index >= 15 is 0 Å². The summed E-state index contributed by atoms with van der Waals surface area (Å²) < 4.78 is 16.9. The first-order chi connectivity index (χ1) is 12.0. The van der Waals surface area contributed by atoms with Gasteiger partial charge in [0.2, 0.25) is 0 Å². The van der Waals surface area contributed by atoms with Gasteiger partial charge in [0.25, 0.3) is 5.91 Å². The number of amides is 1. The van der Waals surface area contributed by atoms with Gasteiger partial charge in [0, 0.05) is 29.2 Å². The van der Waals surface area contributed by atoms with Gasteiger partial charge in [0.1, 0.15) is 0 Å². The van der Waals surface area contributed by atoms with Crippen LogP contribution in [-0.4, -0.2) is 63.9 Å². The highest BCUT2D eigenvalue weighted by atomic mass is 127. The number of rotatable bonds is 7. The van der Waals surface area contributed by atoms with Gasteiger partial charge in [-0.15, -0.1) is 0 Å². The molecule has 0 aliphatic carbocycles. The quantitative estimate of drug-likeness (QED) is 0.631. The van der Waals surface area contributed by atoms with Crippen molar-refractivity contribution >= 4 is 28.5 Å². The van der Waals surface area contributed by atoms with Gasteiger partial charge in [-0.1, -0.05) is 13.8 Å². The highest BCUT2D eigenvalue weighted by Crippen LogP contribution is 2.31. The van der Waals surface area contributed by atoms with E-state index in [-0.39, 0.29) is 5.91 Å². The number of hydrogen-bond donors (Lipinski definition) is 1. The Labute approximate surface area is 163 Å². The third-order valence-corrected chi connectivity index (χ3v) is 5.37. The highest BCUT2D eigenvalue weighted by molar-refractivity contribution is 14.1. The van der Waals surface area contributed by atoms with Crippen molar-refractivity contribution < 1.29 is 19.0 Å². The first-order valence-electron chi connectivity index (χ1n) is 8.49. The summed E-state index contributed by atoms with van der Waals surface area (Å²) in [7, 11) is 3.16. The summed E-state index contributed by atoms with van der Waals surface area (Å²) in [6.45, 7) is 8.31. The van der Waals surface area contributed by atoms with Crippen LogP contribution in [0.1, 0.15) is 24.2 Å². The van der Waals surface area contributed by atoms with Gasteiger partial charge in [0.05, 0.1) is 33.0 Å². The number of nitrogens with zero attached hydrogens (tertiary/aromatic N) is 1. The Morgan fingerprint density at radius 3 is 2.40 bits per heavy atom. The normalized spacial score (nSPS) is 16.6. The van der Waals surface area contributed by atoms with Gasteiger partial charge in [-0.05, 0) is 40.6 Å². The smallest absolute Gasteiger partial charge is 0.252 e. The van der Waals surface area contributed by atoms with Crippen LogP contribution in [0, 0.1) is 9.49 Å². The van der Waals surface area contributed by atoms with E-state index < -0.39 is 0 Å². The Hall–Kier alpha value is -1.06. The molecule has 1 amide bonds. The van der Waals surface area contributed by atoms with Crippen LogP contribution in [0.25, 0.3) is 0 Å². The number of hydrogen-bond acceptors (Lipinski definition) is 5. The molecule has 25 heavy (non-hydrogen) atoms. The number of ether oxygens (including phenoxy) is 3. The molecule has 140 valence electrons. The molecule has 1 aliphatic rings. The molecule has 0 radical (unpaired) electrons. The molecule has 1 saturated heterocycles. The molecule has 1 aliphatic heterocycles. The van der Waals surface area contributed by atoms with Crippen molar-refractivity contribution in [2.75, 3.05) is 47.1 Å². The van der Waals surface area contributed by atoms with Gasteiger partial charge >= 0.3 is 0 Å². The number of methoxy groups -OCH3 is 2. The lowest BCUT2D eigenvalue weighted by Gasteiger charge is -2.37. The molecule has 1 aromatic carbocycles. The lowest BCUT2D eigenvalue weighted by atomic mass is 10.0. The third-order valence-electron chi connectivity index (χ3n) is 4.47. The Bertz CT molecular complexity index is 589. The van der Waals surface area contributed by atoms with Gasteiger partial charge in [0.15, 0.2) is 11.5 Å². The van der Waals surface area contributed by atoms with Crippen LogP contribution >= 0.6 is 22.6 Å². The minimum absolute atomic E-state index is 0.0933. The maximum atomic E-state index is 12.7. The summed E-state index contributed by atoms with van der Waals surface area (Å²) in [4.78, 5) is 15.1. The molecular weight excluding hydrogens is 435 g/mol. The molecule has 1 heterocycles. The van der Waals surface area contributed by atoms with E-state index in [1.165, 1.54) is 0 Å². The van der Waals surface area contributed by atoms with E-state index in [0.717, 1.165) is 29.9 Å². The van der Waals surface area contributed by atoms with E-state index in [1.54, 1.807) is 20.3 Å². The van der Waals surface area contributed by atoms with E-state index in [9.17, 15) is 4.79 Å². The molecule has 1 N–H and O–H groups in total. The minimum atomic E-state index is -0.0933. The maximum absolute atomic E-state index is 12.7. The molecule has 6 nitrogen and oxygen atoms in total. The standard InChI is InChI=1S/C18H27IN2O4/c1-12(2)15(21-5-7-25-8-6-21)11-20-18(22)13-9-16(23-3)17(24-4)10-14(13)19/h9-10,12,15H,5-8,11H2,1-4H3,(H,20,22). The SMILES string of the molecule is COc1cc(I)c(C(=O)NCC(C(C)C)N2CCOCC2)cc1OC. The molecular formula is C18H27IN2O4. The van der Waals surface area contributed by atoms with Crippen LogP contribution in [0.3, 0.4) is 0 Å². The van der Waals surface area contributed by atoms with Crippen molar-refractivity contribution in [3.8, 4) is 11.5 Å². The van der Waals surface area contributed by atoms with Crippen LogP contribution < -0.4 is 14.8 Å². The Morgan fingerprint density at radius 1 is 1.24 bits per heavy atom. The molecule has 0 saturated carbocycles. The average molecular weight is 462 g/mol. The molecule has 0 bridgehead atoms. The van der Waals surface area contributed by atoms with Gasteiger partial charge in [-0.25, -0.2) is 0 Å². The van der Waals surface area contributed by atoms with Crippen molar-refractivity contribution in [3.05, 3.63) is 21.3 Å². The second-order valence-electron chi connectivity index (χ2n) is 6.36. The number of benzene rings is 1. The number of halogens is 1. The van der Waals surface area contributed by atoms with E-state index in [0.29, 0.717) is 35.6 Å². The molecule has 1 atom stereocenters. The zero-order valence-corrected chi connectivity index (χ0v) is 17.5. The monoisotopic (exact) mass is 462 g/mol. The molecule has 1 aromatic rings. The van der Waals surface area contributed by atoms with Crippen LogP contribution in [0.15, 0.2) is 12.1 Å². The maximum Gasteiger partial charge on any atom is 0.252 e. The topological polar surface area (TPSA) is 60.0 Å². The van der Waals surface area contributed by atoms with Crippen molar-refractivity contribution in [1.82, 2.24) is 10.2 Å². The molecule has 1 unspecified atom stereocenters. The minimum Gasteiger partial charge on any atom is -0.493 e. The summed E-state index contributed by atoms with van der Waals surface area (Å²) in [6, 6.07) is 3.84. The molecule has 2 rings (SSSR count). The molecule has 1 fully saturated rings. The van der Waals surface area contributed by atoms with Crippen LogP contribution in [0.2, 0.25) is 0 Å². The second kappa shape index (κ2) is 9.59.